The Balaban J connectivity index is 5.71. The molecule has 0 nitrogen and oxygen atoms in total. The zero-order valence-electron chi connectivity index (χ0n) is 19.5. The molecule has 0 spiro atoms. The third kappa shape index (κ3) is 7.94. The maximum atomic E-state index is 2.82. The summed E-state index contributed by atoms with van der Waals surface area (Å²) in [7, 11) is -4.32. The van der Waals surface area contributed by atoms with E-state index in [2.05, 4.69) is 92.1 Å². The maximum Gasteiger partial charge on any atom is 0.125 e. The van der Waals surface area contributed by atoms with Crippen molar-refractivity contribution >= 4 is 61.7 Å². The molecule has 8 heteroatoms. The van der Waals surface area contributed by atoms with Gasteiger partial charge in [0.25, 0.3) is 0 Å². The highest BCUT2D eigenvalue weighted by Gasteiger charge is 2.52. The van der Waals surface area contributed by atoms with Gasteiger partial charge in [0.2, 0.25) is 0 Å². The van der Waals surface area contributed by atoms with Gasteiger partial charge in [-0.05, 0) is 0 Å². The van der Waals surface area contributed by atoms with Crippen molar-refractivity contribution in [1.82, 2.24) is 0 Å². The topological polar surface area (TPSA) is 0 Å². The average Bonchev–Trinajstić information content (AvgIpc) is 2.15. The van der Waals surface area contributed by atoms with Crippen LogP contribution in [0.5, 0.6) is 0 Å². The lowest BCUT2D eigenvalue weighted by Crippen LogP contribution is -2.59. The first-order chi connectivity index (χ1) is 10.9. The van der Waals surface area contributed by atoms with E-state index in [1.807, 2.05) is 0 Å². The molecule has 0 bridgehead atoms. The Hall–Kier alpha value is 1.86. The first kappa shape index (κ1) is 27.9. The van der Waals surface area contributed by atoms with E-state index in [1.54, 1.807) is 12.1 Å². The Morgan fingerprint density at radius 3 is 0.846 bits per heavy atom. The highest BCUT2D eigenvalue weighted by molar-refractivity contribution is 8.00. The van der Waals surface area contributed by atoms with Gasteiger partial charge in [0.1, 0.15) is 15.1 Å². The molecule has 0 aliphatic rings. The number of hydrogen-bond donors (Lipinski definition) is 0. The van der Waals surface area contributed by atoms with Crippen LogP contribution in [0, 0.1) is 0 Å². The molecule has 0 aromatic heterocycles. The van der Waals surface area contributed by atoms with Gasteiger partial charge in [0.05, 0.1) is 32.3 Å². The van der Waals surface area contributed by atoms with Gasteiger partial charge in [-0.25, -0.2) is 0 Å². The van der Waals surface area contributed by atoms with Crippen LogP contribution in [0.4, 0.5) is 0 Å². The van der Waals surface area contributed by atoms with Gasteiger partial charge >= 0.3 is 0 Å². The van der Waals surface area contributed by atoms with E-state index >= 15 is 0 Å². The lowest BCUT2D eigenvalue weighted by molar-refractivity contribution is 1.21. The number of rotatable bonds is 9. The monoisotopic (exact) mass is 466 g/mol. The molecular formula is C18H54B2P2Si4. The molecule has 2 atom stereocenters. The summed E-state index contributed by atoms with van der Waals surface area (Å²) in [5, 5.41) is 0. The average molecular weight is 467 g/mol. The quantitative estimate of drug-likeness (QED) is 0.328. The van der Waals surface area contributed by atoms with Crippen molar-refractivity contribution < 1.29 is 0 Å². The molecule has 26 heavy (non-hydrogen) atoms. The molecule has 0 amide bonds. The van der Waals surface area contributed by atoms with Crippen LogP contribution < -0.4 is 0 Å². The molecule has 0 aliphatic carbocycles. The normalized spacial score (nSPS) is 18.0. The summed E-state index contributed by atoms with van der Waals surface area (Å²) in [4.78, 5) is 2.48. The Labute approximate surface area is 175 Å². The second kappa shape index (κ2) is 8.54. The van der Waals surface area contributed by atoms with Gasteiger partial charge in [-0.2, -0.15) is 14.3 Å². The summed E-state index contributed by atoms with van der Waals surface area (Å²) >= 11 is 0. The van der Waals surface area contributed by atoms with Crippen molar-refractivity contribution in [2.75, 3.05) is 26.7 Å². The fourth-order valence-electron chi connectivity index (χ4n) is 6.21. The van der Waals surface area contributed by atoms with E-state index in [1.165, 1.54) is 9.81 Å². The fourth-order valence-corrected chi connectivity index (χ4v) is 55.9. The van der Waals surface area contributed by atoms with Crippen molar-refractivity contribution in [2.45, 2.75) is 87.4 Å². The van der Waals surface area contributed by atoms with E-state index in [-0.39, 0.29) is 0 Å². The second-order valence-corrected chi connectivity index (χ2v) is 40.7. The summed E-state index contributed by atoms with van der Waals surface area (Å²) in [5.74, 6) is 0. The summed E-state index contributed by atoms with van der Waals surface area (Å²) < 4.78 is 0. The first-order valence-electron chi connectivity index (χ1n) is 9.67. The molecule has 0 aromatic rings. The third-order valence-electron chi connectivity index (χ3n) is 5.57. The fraction of sp³-hybridized carbons (Fsp3) is 1.00. The predicted octanol–water partition coefficient (Wildman–Crippen LogP) is 5.09. The van der Waals surface area contributed by atoms with Crippen LogP contribution in [0.15, 0.2) is 0 Å². The lowest BCUT2D eigenvalue weighted by Gasteiger charge is -2.51. The highest BCUT2D eigenvalue weighted by atomic mass is 31.2. The maximum absolute atomic E-state index is 2.82. The van der Waals surface area contributed by atoms with Crippen LogP contribution in [0.3, 0.4) is 0 Å². The molecule has 0 saturated carbocycles. The molecule has 0 aliphatic heterocycles. The standard InChI is InChI=1S/C18H54B2P2Si4/c1-21(2,19)17(23(5,6)7)25(11,12)15-16-26(13,14)18(22(3,4)20)24(8,9)10/h17-18H,15-16H2,1-14,19-20H3/t17-,18+. The third-order valence-corrected chi connectivity index (χ3v) is 42.4. The minimum atomic E-state index is -1.12. The Morgan fingerprint density at radius 1 is 0.538 bits per heavy atom. The van der Waals surface area contributed by atoms with Crippen molar-refractivity contribution in [3.05, 3.63) is 0 Å². The van der Waals surface area contributed by atoms with E-state index in [4.69, 9.17) is 0 Å². The van der Waals surface area contributed by atoms with Gasteiger partial charge in [-0.1, -0.05) is 77.6 Å². The zero-order chi connectivity index (χ0) is 21.6. The predicted molar refractivity (Wildman–Crippen MR) is 156 cm³/mol. The summed E-state index contributed by atoms with van der Waals surface area (Å²) in [5.41, 5.74) is 0. The van der Waals surface area contributed by atoms with Crippen molar-refractivity contribution in [1.29, 1.82) is 0 Å². The summed E-state index contributed by atoms with van der Waals surface area (Å²) in [6, 6.07) is 3.33. The van der Waals surface area contributed by atoms with Gasteiger partial charge in [-0.15, -0.1) is 0 Å². The smallest absolute Gasteiger partial charge is 0.125 e. The van der Waals surface area contributed by atoms with Crippen LogP contribution in [0.1, 0.15) is 0 Å². The molecule has 0 N–H and O–H groups in total. The van der Waals surface area contributed by atoms with Gasteiger partial charge in [-0.3, -0.25) is 0 Å². The molecule has 0 heterocycles. The van der Waals surface area contributed by atoms with Gasteiger partial charge < -0.3 is 0 Å². The van der Waals surface area contributed by atoms with Crippen molar-refractivity contribution in [3.63, 3.8) is 0 Å². The molecule has 158 valence electrons. The zero-order valence-corrected chi connectivity index (χ0v) is 25.3. The van der Waals surface area contributed by atoms with Crippen LogP contribution in [0.2, 0.25) is 77.6 Å². The largest absolute Gasteiger partial charge is 0.168 e. The summed E-state index contributed by atoms with van der Waals surface area (Å²) in [6.45, 7) is 38.6. The minimum absolute atomic E-state index is 0.520. The Bertz CT molecular complexity index is 398. The van der Waals surface area contributed by atoms with Crippen LogP contribution >= 0.6 is 14.3 Å². The molecular weight excluding hydrogens is 412 g/mol. The molecule has 0 radical (unpaired) electrons. The molecule has 0 fully saturated rings. The van der Waals surface area contributed by atoms with E-state index in [0.29, 0.717) is 15.1 Å². The SMILES string of the molecule is [BH3-][P+](C)(C)[C@H]([Si](C)(C)C)[Si](C)(C)CC[Si](C)(C)[C@H]([Si](C)(C)C)[P+]([BH3-])(C)C. The lowest BCUT2D eigenvalue weighted by atomic mass is 10.8. The van der Waals surface area contributed by atoms with Crippen LogP contribution in [-0.4, -0.2) is 83.9 Å². The highest BCUT2D eigenvalue weighted by Crippen LogP contribution is 2.60. The van der Waals surface area contributed by atoms with E-state index in [9.17, 15) is 0 Å². The van der Waals surface area contributed by atoms with E-state index in [0.717, 1.165) is 0 Å². The molecule has 0 saturated heterocycles. The van der Waals surface area contributed by atoms with Crippen molar-refractivity contribution in [3.8, 4) is 0 Å². The van der Waals surface area contributed by atoms with Gasteiger partial charge in [0, 0.05) is 36.5 Å². The molecule has 0 aromatic carbocycles. The van der Waals surface area contributed by atoms with Gasteiger partial charge in [0.15, 0.2) is 0 Å². The van der Waals surface area contributed by atoms with Crippen LogP contribution in [0.25, 0.3) is 0 Å². The van der Waals surface area contributed by atoms with Crippen molar-refractivity contribution in [2.24, 2.45) is 0 Å². The Kier molecular flexibility index (Phi) is 9.15. The number of hydrogen-bond acceptors (Lipinski definition) is 0. The van der Waals surface area contributed by atoms with E-state index < -0.39 is 46.6 Å². The molecule has 0 rings (SSSR count). The molecule has 0 unspecified atom stereocenters. The minimum Gasteiger partial charge on any atom is -0.168 e. The van der Waals surface area contributed by atoms with Crippen LogP contribution in [-0.2, 0) is 0 Å². The summed E-state index contributed by atoms with van der Waals surface area (Å²) in [6.07, 6.45) is 0. The Morgan fingerprint density at radius 2 is 0.731 bits per heavy atom. The second-order valence-electron chi connectivity index (χ2n) is 11.9. The first-order valence-corrected chi connectivity index (χ1v) is 28.0.